The average molecular weight is 461 g/mol. The molecule has 11 heteroatoms. The molecule has 2 aliphatic rings. The lowest BCUT2D eigenvalue weighted by atomic mass is 10.1. The second-order valence-corrected chi connectivity index (χ2v) is 9.55. The number of nitro benzene ring substituents is 1. The molecule has 4 rings (SSSR count). The Morgan fingerprint density at radius 3 is 2.38 bits per heavy atom. The van der Waals surface area contributed by atoms with Crippen LogP contribution in [0.3, 0.4) is 0 Å². The molecule has 170 valence electrons. The molecule has 0 N–H and O–H groups in total. The topological polar surface area (TPSA) is 119 Å². The Balaban J connectivity index is 1.46. The Labute approximate surface area is 185 Å². The first-order valence-corrected chi connectivity index (χ1v) is 11.7. The zero-order valence-electron chi connectivity index (χ0n) is 17.5. The van der Waals surface area contributed by atoms with Crippen LogP contribution in [0.25, 0.3) is 0 Å². The van der Waals surface area contributed by atoms with Crippen LogP contribution in [0.1, 0.15) is 22.3 Å². The van der Waals surface area contributed by atoms with E-state index in [-0.39, 0.29) is 48.2 Å². The zero-order chi connectivity index (χ0) is 22.9. The molecule has 2 aliphatic heterocycles. The smallest absolute Gasteiger partial charge is 0.273 e. The van der Waals surface area contributed by atoms with Crippen LogP contribution < -0.4 is 9.47 Å². The lowest BCUT2D eigenvalue weighted by Gasteiger charge is -2.34. The van der Waals surface area contributed by atoms with Gasteiger partial charge in [0.05, 0.1) is 23.0 Å². The van der Waals surface area contributed by atoms with Crippen molar-refractivity contribution < 1.29 is 27.6 Å². The third-order valence-corrected chi connectivity index (χ3v) is 7.43. The van der Waals surface area contributed by atoms with Crippen LogP contribution in [0, 0.1) is 17.0 Å². The molecular formula is C21H23N3O7S. The molecule has 1 fully saturated rings. The first kappa shape index (κ1) is 22.0. The fraction of sp³-hybridized carbons (Fsp3) is 0.381. The van der Waals surface area contributed by atoms with Gasteiger partial charge in [0.25, 0.3) is 11.6 Å². The number of nitro groups is 1. The highest BCUT2D eigenvalue weighted by Gasteiger charge is 2.31. The third-order valence-electron chi connectivity index (χ3n) is 5.54. The van der Waals surface area contributed by atoms with Gasteiger partial charge < -0.3 is 14.4 Å². The summed E-state index contributed by atoms with van der Waals surface area (Å²) >= 11 is 0. The highest BCUT2D eigenvalue weighted by Crippen LogP contribution is 2.33. The van der Waals surface area contributed by atoms with Crippen LogP contribution in [0.5, 0.6) is 11.5 Å². The van der Waals surface area contributed by atoms with Crippen LogP contribution in [-0.2, 0) is 10.0 Å². The largest absolute Gasteiger partial charge is 0.490 e. The van der Waals surface area contributed by atoms with Crippen molar-refractivity contribution in [2.24, 2.45) is 0 Å². The molecule has 0 unspecified atom stereocenters. The minimum atomic E-state index is -3.77. The van der Waals surface area contributed by atoms with E-state index < -0.39 is 14.9 Å². The molecule has 2 aromatic carbocycles. The second kappa shape index (κ2) is 8.75. The summed E-state index contributed by atoms with van der Waals surface area (Å²) in [5.74, 6) is 0.558. The maximum atomic E-state index is 13.1. The fourth-order valence-electron chi connectivity index (χ4n) is 3.71. The monoisotopic (exact) mass is 461 g/mol. The minimum Gasteiger partial charge on any atom is -0.490 e. The molecule has 0 atom stereocenters. The van der Waals surface area contributed by atoms with Gasteiger partial charge in [-0.2, -0.15) is 4.31 Å². The Kier molecular flexibility index (Phi) is 6.02. The molecule has 0 radical (unpaired) electrons. The molecule has 0 bridgehead atoms. The lowest BCUT2D eigenvalue weighted by Crippen LogP contribution is -2.50. The number of carbonyl (C=O) groups excluding carboxylic acids is 1. The number of ether oxygens (including phenoxy) is 2. The Morgan fingerprint density at radius 1 is 1.00 bits per heavy atom. The lowest BCUT2D eigenvalue weighted by molar-refractivity contribution is -0.385. The van der Waals surface area contributed by atoms with Crippen molar-refractivity contribution in [3.05, 3.63) is 57.6 Å². The van der Waals surface area contributed by atoms with E-state index in [0.29, 0.717) is 30.3 Å². The van der Waals surface area contributed by atoms with Gasteiger partial charge in [0.2, 0.25) is 10.0 Å². The summed E-state index contributed by atoms with van der Waals surface area (Å²) in [5, 5.41) is 11.2. The molecule has 0 saturated carbocycles. The predicted molar refractivity (Wildman–Crippen MR) is 115 cm³/mol. The summed E-state index contributed by atoms with van der Waals surface area (Å²) in [7, 11) is -3.77. The first-order chi connectivity index (χ1) is 15.3. The molecule has 1 saturated heterocycles. The number of amides is 1. The van der Waals surface area contributed by atoms with E-state index in [2.05, 4.69) is 0 Å². The number of hydrogen-bond donors (Lipinski definition) is 0. The summed E-state index contributed by atoms with van der Waals surface area (Å²) in [6.07, 6.45) is 0.719. The predicted octanol–water partition coefficient (Wildman–Crippen LogP) is 2.21. The van der Waals surface area contributed by atoms with Crippen molar-refractivity contribution in [2.75, 3.05) is 39.4 Å². The van der Waals surface area contributed by atoms with Crippen LogP contribution >= 0.6 is 0 Å². The second-order valence-electron chi connectivity index (χ2n) is 7.61. The van der Waals surface area contributed by atoms with Gasteiger partial charge in [-0.25, -0.2) is 8.42 Å². The van der Waals surface area contributed by atoms with E-state index in [9.17, 15) is 23.3 Å². The number of nitrogens with zero attached hydrogens (tertiary/aromatic N) is 3. The van der Waals surface area contributed by atoms with Crippen molar-refractivity contribution in [3.8, 4) is 11.5 Å². The van der Waals surface area contributed by atoms with Crippen molar-refractivity contribution in [3.63, 3.8) is 0 Å². The molecule has 2 aromatic rings. The standard InChI is InChI=1S/C21H23N3O7S/c1-15-3-4-16(13-18(15)24(26)27)21(25)22-7-9-23(10-8-22)32(28,29)17-5-6-19-20(14-17)31-12-2-11-30-19/h3-6,13-14H,2,7-12H2,1H3. The van der Waals surface area contributed by atoms with E-state index >= 15 is 0 Å². The number of aryl methyl sites for hydroxylation is 1. The quantitative estimate of drug-likeness (QED) is 0.506. The Morgan fingerprint density at radius 2 is 1.69 bits per heavy atom. The summed E-state index contributed by atoms with van der Waals surface area (Å²) in [5.41, 5.74) is 0.561. The number of carbonyl (C=O) groups is 1. The van der Waals surface area contributed by atoms with Crippen LogP contribution in [0.4, 0.5) is 5.69 Å². The van der Waals surface area contributed by atoms with Crippen molar-refractivity contribution in [1.82, 2.24) is 9.21 Å². The number of sulfonamides is 1. The molecule has 0 aromatic heterocycles. The average Bonchev–Trinajstić information content (AvgIpc) is 3.04. The number of piperazine rings is 1. The van der Waals surface area contributed by atoms with Crippen LogP contribution in [-0.4, -0.2) is 67.8 Å². The van der Waals surface area contributed by atoms with Gasteiger partial charge in [0, 0.05) is 55.9 Å². The fourth-order valence-corrected chi connectivity index (χ4v) is 5.14. The van der Waals surface area contributed by atoms with Gasteiger partial charge in [-0.1, -0.05) is 6.07 Å². The van der Waals surface area contributed by atoms with Gasteiger partial charge >= 0.3 is 0 Å². The van der Waals surface area contributed by atoms with Gasteiger partial charge in [0.1, 0.15) is 0 Å². The normalized spacial score (nSPS) is 17.0. The van der Waals surface area contributed by atoms with Gasteiger partial charge in [-0.05, 0) is 25.1 Å². The van der Waals surface area contributed by atoms with Gasteiger partial charge in [-0.3, -0.25) is 14.9 Å². The van der Waals surface area contributed by atoms with Crippen molar-refractivity contribution in [2.45, 2.75) is 18.2 Å². The number of rotatable bonds is 4. The maximum Gasteiger partial charge on any atom is 0.273 e. The minimum absolute atomic E-state index is 0.107. The maximum absolute atomic E-state index is 13.1. The molecule has 1 amide bonds. The highest BCUT2D eigenvalue weighted by molar-refractivity contribution is 7.89. The molecule has 0 aliphatic carbocycles. The van der Waals surface area contributed by atoms with Crippen LogP contribution in [0.15, 0.2) is 41.3 Å². The molecule has 0 spiro atoms. The molecule has 32 heavy (non-hydrogen) atoms. The van der Waals surface area contributed by atoms with E-state index in [1.54, 1.807) is 19.1 Å². The first-order valence-electron chi connectivity index (χ1n) is 10.2. The van der Waals surface area contributed by atoms with Gasteiger partial charge in [0.15, 0.2) is 11.5 Å². The van der Waals surface area contributed by atoms with Crippen molar-refractivity contribution >= 4 is 21.6 Å². The Hall–Kier alpha value is -3.18. The summed E-state index contributed by atoms with van der Waals surface area (Å²) < 4.78 is 38.7. The highest BCUT2D eigenvalue weighted by atomic mass is 32.2. The van der Waals surface area contributed by atoms with Gasteiger partial charge in [-0.15, -0.1) is 0 Å². The van der Waals surface area contributed by atoms with E-state index in [4.69, 9.17) is 9.47 Å². The summed E-state index contributed by atoms with van der Waals surface area (Å²) in [4.78, 5) is 25.1. The SMILES string of the molecule is Cc1ccc(C(=O)N2CCN(S(=O)(=O)c3ccc4c(c3)OCCCO4)CC2)cc1[N+](=O)[O-]. The summed E-state index contributed by atoms with van der Waals surface area (Å²) in [6, 6.07) is 8.91. The molecular weight excluding hydrogens is 438 g/mol. The van der Waals surface area contributed by atoms with Crippen molar-refractivity contribution in [1.29, 1.82) is 0 Å². The Bertz CT molecular complexity index is 1160. The number of benzene rings is 2. The van der Waals surface area contributed by atoms with E-state index in [1.807, 2.05) is 0 Å². The number of hydrogen-bond acceptors (Lipinski definition) is 7. The molecule has 2 heterocycles. The summed E-state index contributed by atoms with van der Waals surface area (Å²) in [6.45, 7) is 3.19. The molecule has 10 nitrogen and oxygen atoms in total. The zero-order valence-corrected chi connectivity index (χ0v) is 18.3. The van der Waals surface area contributed by atoms with E-state index in [1.165, 1.54) is 33.5 Å². The van der Waals surface area contributed by atoms with E-state index in [0.717, 1.165) is 6.42 Å². The third kappa shape index (κ3) is 4.26. The number of fused-ring (bicyclic) bond motifs is 1. The van der Waals surface area contributed by atoms with Crippen LogP contribution in [0.2, 0.25) is 0 Å².